The summed E-state index contributed by atoms with van der Waals surface area (Å²) < 4.78 is 2.10. The van der Waals surface area contributed by atoms with Gasteiger partial charge in [-0.05, 0) is 33.1 Å². The molecular formula is C12H23N5. The van der Waals surface area contributed by atoms with Crippen LogP contribution in [0.5, 0.6) is 0 Å². The number of rotatable bonds is 3. The SMILES string of the molecule is CC(C)N(C)c1nnc(N2CCCCC2)n1C. The molecule has 2 rings (SSSR count). The van der Waals surface area contributed by atoms with Gasteiger partial charge in [0.1, 0.15) is 0 Å². The van der Waals surface area contributed by atoms with Gasteiger partial charge in [-0.3, -0.25) is 4.57 Å². The van der Waals surface area contributed by atoms with Crippen molar-refractivity contribution in [1.82, 2.24) is 14.8 Å². The van der Waals surface area contributed by atoms with Crippen LogP contribution in [0.25, 0.3) is 0 Å². The maximum absolute atomic E-state index is 4.34. The van der Waals surface area contributed by atoms with E-state index in [0.717, 1.165) is 25.0 Å². The van der Waals surface area contributed by atoms with Crippen molar-refractivity contribution in [1.29, 1.82) is 0 Å². The molecule has 5 heteroatoms. The van der Waals surface area contributed by atoms with Crippen LogP contribution < -0.4 is 9.80 Å². The zero-order valence-electron chi connectivity index (χ0n) is 11.3. The zero-order valence-corrected chi connectivity index (χ0v) is 11.3. The molecule has 0 amide bonds. The van der Waals surface area contributed by atoms with Gasteiger partial charge in [0.05, 0.1) is 0 Å². The Morgan fingerprint density at radius 1 is 1.12 bits per heavy atom. The van der Waals surface area contributed by atoms with E-state index in [1.807, 2.05) is 0 Å². The van der Waals surface area contributed by atoms with Crippen LogP contribution in [0.2, 0.25) is 0 Å². The van der Waals surface area contributed by atoms with Crippen LogP contribution in [0, 0.1) is 0 Å². The lowest BCUT2D eigenvalue weighted by Crippen LogP contribution is -2.32. The summed E-state index contributed by atoms with van der Waals surface area (Å²) in [6.07, 6.45) is 3.87. The van der Waals surface area contributed by atoms with Crippen molar-refractivity contribution in [2.45, 2.75) is 39.2 Å². The molecule has 1 aromatic rings. The molecule has 0 bridgehead atoms. The minimum absolute atomic E-state index is 0.437. The molecule has 2 heterocycles. The number of piperidine rings is 1. The topological polar surface area (TPSA) is 37.2 Å². The molecule has 17 heavy (non-hydrogen) atoms. The van der Waals surface area contributed by atoms with Crippen LogP contribution >= 0.6 is 0 Å². The molecule has 1 aromatic heterocycles. The number of nitrogens with zero attached hydrogens (tertiary/aromatic N) is 5. The molecule has 5 nitrogen and oxygen atoms in total. The third-order valence-electron chi connectivity index (χ3n) is 3.56. The van der Waals surface area contributed by atoms with Gasteiger partial charge in [-0.2, -0.15) is 0 Å². The van der Waals surface area contributed by atoms with E-state index in [1.54, 1.807) is 0 Å². The molecular weight excluding hydrogens is 214 g/mol. The van der Waals surface area contributed by atoms with E-state index in [2.05, 4.69) is 52.5 Å². The van der Waals surface area contributed by atoms with Gasteiger partial charge in [0.2, 0.25) is 11.9 Å². The molecule has 0 N–H and O–H groups in total. The van der Waals surface area contributed by atoms with Gasteiger partial charge < -0.3 is 9.80 Å². The molecule has 0 saturated carbocycles. The van der Waals surface area contributed by atoms with Gasteiger partial charge in [0.25, 0.3) is 0 Å². The highest BCUT2D eigenvalue weighted by Crippen LogP contribution is 2.21. The summed E-state index contributed by atoms with van der Waals surface area (Å²) >= 11 is 0. The average molecular weight is 237 g/mol. The number of aromatic nitrogens is 3. The van der Waals surface area contributed by atoms with Gasteiger partial charge in [0.15, 0.2) is 0 Å². The van der Waals surface area contributed by atoms with Gasteiger partial charge in [-0.1, -0.05) is 0 Å². The van der Waals surface area contributed by atoms with Gasteiger partial charge in [-0.15, -0.1) is 10.2 Å². The van der Waals surface area contributed by atoms with Crippen LogP contribution in [0.3, 0.4) is 0 Å². The second-order valence-corrected chi connectivity index (χ2v) is 5.11. The fraction of sp³-hybridized carbons (Fsp3) is 0.833. The zero-order chi connectivity index (χ0) is 12.4. The van der Waals surface area contributed by atoms with E-state index in [9.17, 15) is 0 Å². The monoisotopic (exact) mass is 237 g/mol. The molecule has 1 aliphatic rings. The Kier molecular flexibility index (Phi) is 3.54. The second kappa shape index (κ2) is 4.94. The third-order valence-corrected chi connectivity index (χ3v) is 3.56. The Bertz CT molecular complexity index is 365. The van der Waals surface area contributed by atoms with E-state index in [0.29, 0.717) is 6.04 Å². The van der Waals surface area contributed by atoms with E-state index in [4.69, 9.17) is 0 Å². The van der Waals surface area contributed by atoms with Crippen molar-refractivity contribution in [3.8, 4) is 0 Å². The van der Waals surface area contributed by atoms with Crippen LogP contribution in [-0.2, 0) is 7.05 Å². The Morgan fingerprint density at radius 2 is 1.76 bits per heavy atom. The lowest BCUT2D eigenvalue weighted by Gasteiger charge is -2.28. The highest BCUT2D eigenvalue weighted by atomic mass is 15.5. The predicted octanol–water partition coefficient (Wildman–Crippen LogP) is 1.65. The third kappa shape index (κ3) is 2.37. The fourth-order valence-corrected chi connectivity index (χ4v) is 2.22. The Morgan fingerprint density at radius 3 is 2.35 bits per heavy atom. The van der Waals surface area contributed by atoms with Crippen molar-refractivity contribution < 1.29 is 0 Å². The van der Waals surface area contributed by atoms with Crippen LogP contribution in [0.1, 0.15) is 33.1 Å². The fourth-order valence-electron chi connectivity index (χ4n) is 2.22. The first-order chi connectivity index (χ1) is 8.11. The predicted molar refractivity (Wildman–Crippen MR) is 70.6 cm³/mol. The molecule has 0 aromatic carbocycles. The number of hydrogen-bond acceptors (Lipinski definition) is 4. The summed E-state index contributed by atoms with van der Waals surface area (Å²) in [7, 11) is 4.12. The Labute approximate surface area is 103 Å². The van der Waals surface area contributed by atoms with Crippen molar-refractivity contribution in [2.24, 2.45) is 7.05 Å². The second-order valence-electron chi connectivity index (χ2n) is 5.11. The molecule has 0 spiro atoms. The van der Waals surface area contributed by atoms with Gasteiger partial charge >= 0.3 is 0 Å². The van der Waals surface area contributed by atoms with Crippen LogP contribution in [0.15, 0.2) is 0 Å². The lowest BCUT2D eigenvalue weighted by molar-refractivity contribution is 0.561. The highest BCUT2D eigenvalue weighted by molar-refractivity contribution is 5.41. The highest BCUT2D eigenvalue weighted by Gasteiger charge is 2.20. The molecule has 1 saturated heterocycles. The molecule has 0 aliphatic carbocycles. The van der Waals surface area contributed by atoms with Crippen LogP contribution in [-0.4, -0.2) is 40.9 Å². The summed E-state index contributed by atoms with van der Waals surface area (Å²) in [5, 5.41) is 8.65. The lowest BCUT2D eigenvalue weighted by atomic mass is 10.1. The van der Waals surface area contributed by atoms with E-state index < -0.39 is 0 Å². The Balaban J connectivity index is 2.19. The van der Waals surface area contributed by atoms with Gasteiger partial charge in [-0.25, -0.2) is 0 Å². The first kappa shape index (κ1) is 12.2. The Hall–Kier alpha value is -1.26. The first-order valence-corrected chi connectivity index (χ1v) is 6.48. The molecule has 0 unspecified atom stereocenters. The summed E-state index contributed by atoms with van der Waals surface area (Å²) in [6, 6.07) is 0.437. The smallest absolute Gasteiger partial charge is 0.228 e. The van der Waals surface area contributed by atoms with E-state index in [1.165, 1.54) is 19.3 Å². The van der Waals surface area contributed by atoms with Crippen molar-refractivity contribution in [3.05, 3.63) is 0 Å². The van der Waals surface area contributed by atoms with Crippen LogP contribution in [0.4, 0.5) is 11.9 Å². The van der Waals surface area contributed by atoms with E-state index >= 15 is 0 Å². The molecule has 1 fully saturated rings. The molecule has 96 valence electrons. The summed E-state index contributed by atoms with van der Waals surface area (Å²) in [5.74, 6) is 1.95. The quantitative estimate of drug-likeness (QED) is 0.801. The minimum Gasteiger partial charge on any atom is -0.342 e. The van der Waals surface area contributed by atoms with Gasteiger partial charge in [0, 0.05) is 33.2 Å². The number of anilines is 2. The number of hydrogen-bond donors (Lipinski definition) is 0. The maximum atomic E-state index is 4.34. The van der Waals surface area contributed by atoms with E-state index in [-0.39, 0.29) is 0 Å². The largest absolute Gasteiger partial charge is 0.342 e. The minimum atomic E-state index is 0.437. The summed E-state index contributed by atoms with van der Waals surface area (Å²) in [4.78, 5) is 4.49. The molecule has 1 aliphatic heterocycles. The summed E-state index contributed by atoms with van der Waals surface area (Å²) in [5.41, 5.74) is 0. The first-order valence-electron chi connectivity index (χ1n) is 6.48. The van der Waals surface area contributed by atoms with Crippen molar-refractivity contribution >= 4 is 11.9 Å². The normalized spacial score (nSPS) is 16.6. The van der Waals surface area contributed by atoms with Crippen molar-refractivity contribution in [3.63, 3.8) is 0 Å². The maximum Gasteiger partial charge on any atom is 0.228 e. The molecule has 0 radical (unpaired) electrons. The standard InChI is InChI=1S/C12H23N5/c1-10(2)15(3)11-13-14-12(16(11)4)17-8-6-5-7-9-17/h10H,5-9H2,1-4H3. The molecule has 0 atom stereocenters. The average Bonchev–Trinajstić information content (AvgIpc) is 2.71. The summed E-state index contributed by atoms with van der Waals surface area (Å²) in [6.45, 7) is 6.54. The van der Waals surface area contributed by atoms with Crippen molar-refractivity contribution in [2.75, 3.05) is 29.9 Å².